The van der Waals surface area contributed by atoms with Gasteiger partial charge in [-0.3, -0.25) is 0 Å². The van der Waals surface area contributed by atoms with Crippen molar-refractivity contribution in [3.8, 4) is 5.75 Å². The van der Waals surface area contributed by atoms with Crippen molar-refractivity contribution in [3.63, 3.8) is 0 Å². The molecule has 2 N–H and O–H groups in total. The first-order chi connectivity index (χ1) is 7.69. The molecule has 0 bridgehead atoms. The quantitative estimate of drug-likeness (QED) is 0.755. The van der Waals surface area contributed by atoms with E-state index in [1.165, 1.54) is 12.1 Å². The van der Waals surface area contributed by atoms with Gasteiger partial charge in [0.15, 0.2) is 0 Å². The Morgan fingerprint density at radius 2 is 2.38 bits per heavy atom. The number of ether oxygens (including phenoxy) is 1. The molecule has 1 fully saturated rings. The molecule has 4 heteroatoms. The second kappa shape index (κ2) is 3.64. The number of halogens is 1. The van der Waals surface area contributed by atoms with Crippen LogP contribution < -0.4 is 10.5 Å². The maximum Gasteiger partial charge on any atom is 0.127 e. The van der Waals surface area contributed by atoms with Gasteiger partial charge in [-0.2, -0.15) is 11.8 Å². The van der Waals surface area contributed by atoms with Crippen molar-refractivity contribution < 1.29 is 9.13 Å². The number of hydrogen-bond acceptors (Lipinski definition) is 3. The summed E-state index contributed by atoms with van der Waals surface area (Å²) in [5.74, 6) is 2.46. The SMILES string of the molecule is NC1CC2(CCSC2)Oc2cc(F)ccc21. The first kappa shape index (κ1) is 10.4. The first-order valence-electron chi connectivity index (χ1n) is 5.50. The molecule has 1 aromatic rings. The van der Waals surface area contributed by atoms with Crippen molar-refractivity contribution in [2.24, 2.45) is 5.73 Å². The molecule has 0 saturated carbocycles. The highest BCUT2D eigenvalue weighted by atomic mass is 32.2. The van der Waals surface area contributed by atoms with Crippen LogP contribution in [-0.4, -0.2) is 17.1 Å². The molecule has 1 aromatic carbocycles. The average Bonchev–Trinajstić information content (AvgIpc) is 2.65. The minimum Gasteiger partial charge on any atom is -0.486 e. The van der Waals surface area contributed by atoms with Crippen molar-refractivity contribution in [2.45, 2.75) is 24.5 Å². The van der Waals surface area contributed by atoms with Crippen LogP contribution in [0.3, 0.4) is 0 Å². The summed E-state index contributed by atoms with van der Waals surface area (Å²) in [5, 5.41) is 0. The highest BCUT2D eigenvalue weighted by Gasteiger charge is 2.42. The molecule has 0 radical (unpaired) electrons. The number of hydrogen-bond donors (Lipinski definition) is 1. The van der Waals surface area contributed by atoms with Gasteiger partial charge in [-0.25, -0.2) is 4.39 Å². The van der Waals surface area contributed by atoms with Crippen molar-refractivity contribution in [1.29, 1.82) is 0 Å². The molecule has 2 nitrogen and oxygen atoms in total. The highest BCUT2D eigenvalue weighted by Crippen LogP contribution is 2.45. The predicted octanol–water partition coefficient (Wildman–Crippen LogP) is 2.48. The van der Waals surface area contributed by atoms with Crippen LogP contribution in [-0.2, 0) is 0 Å². The molecule has 0 aromatic heterocycles. The topological polar surface area (TPSA) is 35.2 Å². The largest absolute Gasteiger partial charge is 0.486 e. The van der Waals surface area contributed by atoms with Crippen LogP contribution in [0.4, 0.5) is 4.39 Å². The summed E-state index contributed by atoms with van der Waals surface area (Å²) in [6, 6.07) is 4.62. The van der Waals surface area contributed by atoms with E-state index in [-0.39, 0.29) is 17.5 Å². The Kier molecular flexibility index (Phi) is 2.37. The second-order valence-corrected chi connectivity index (χ2v) is 5.69. The average molecular weight is 239 g/mol. The molecule has 1 spiro atoms. The third-order valence-electron chi connectivity index (χ3n) is 3.36. The molecule has 16 heavy (non-hydrogen) atoms. The summed E-state index contributed by atoms with van der Waals surface area (Å²) >= 11 is 1.89. The van der Waals surface area contributed by atoms with Gasteiger partial charge in [0.05, 0.1) is 0 Å². The lowest BCUT2D eigenvalue weighted by Gasteiger charge is -2.38. The lowest BCUT2D eigenvalue weighted by Crippen LogP contribution is -2.43. The van der Waals surface area contributed by atoms with Crippen LogP contribution >= 0.6 is 11.8 Å². The van der Waals surface area contributed by atoms with Gasteiger partial charge in [-0.1, -0.05) is 6.07 Å². The smallest absolute Gasteiger partial charge is 0.127 e. The normalized spacial score (nSPS) is 32.5. The maximum atomic E-state index is 13.2. The first-order valence-corrected chi connectivity index (χ1v) is 6.66. The minimum absolute atomic E-state index is 0.0250. The number of rotatable bonds is 0. The van der Waals surface area contributed by atoms with Crippen molar-refractivity contribution in [3.05, 3.63) is 29.6 Å². The number of thioether (sulfide) groups is 1. The maximum absolute atomic E-state index is 13.2. The molecular formula is C12H14FNOS. The molecule has 3 rings (SSSR count). The Labute approximate surface area is 98.4 Å². The number of benzene rings is 1. The van der Waals surface area contributed by atoms with Crippen molar-refractivity contribution in [1.82, 2.24) is 0 Å². The summed E-state index contributed by atoms with van der Waals surface area (Å²) in [4.78, 5) is 0. The van der Waals surface area contributed by atoms with Crippen molar-refractivity contribution >= 4 is 11.8 Å². The Balaban J connectivity index is 2.00. The van der Waals surface area contributed by atoms with E-state index in [9.17, 15) is 4.39 Å². The van der Waals surface area contributed by atoms with E-state index in [2.05, 4.69) is 0 Å². The minimum atomic E-state index is -0.256. The van der Waals surface area contributed by atoms with Crippen LogP contribution in [0.1, 0.15) is 24.4 Å². The van der Waals surface area contributed by atoms with E-state index >= 15 is 0 Å². The van der Waals surface area contributed by atoms with E-state index in [0.29, 0.717) is 5.75 Å². The zero-order chi connectivity index (χ0) is 11.2. The van der Waals surface area contributed by atoms with Gasteiger partial charge in [0.1, 0.15) is 17.2 Å². The lowest BCUT2D eigenvalue weighted by molar-refractivity contribution is 0.0611. The third-order valence-corrected chi connectivity index (χ3v) is 4.58. The molecule has 0 amide bonds. The Hall–Kier alpha value is -0.740. The monoisotopic (exact) mass is 239 g/mol. The van der Waals surface area contributed by atoms with E-state index in [1.54, 1.807) is 6.07 Å². The predicted molar refractivity (Wildman–Crippen MR) is 63.2 cm³/mol. The molecule has 2 atom stereocenters. The fourth-order valence-corrected chi connectivity index (χ4v) is 3.87. The van der Waals surface area contributed by atoms with E-state index in [1.807, 2.05) is 11.8 Å². The van der Waals surface area contributed by atoms with Gasteiger partial charge in [0, 0.05) is 29.8 Å². The summed E-state index contributed by atoms with van der Waals surface area (Å²) in [7, 11) is 0. The van der Waals surface area contributed by atoms with Crippen LogP contribution in [0.25, 0.3) is 0 Å². The number of nitrogens with two attached hydrogens (primary N) is 1. The molecule has 2 aliphatic heterocycles. The van der Waals surface area contributed by atoms with E-state index in [0.717, 1.165) is 29.9 Å². The standard InChI is InChI=1S/C12H14FNOS/c13-8-1-2-9-10(14)6-12(3-4-16-7-12)15-11(9)5-8/h1-2,5,10H,3-4,6-7,14H2. The lowest BCUT2D eigenvalue weighted by atomic mass is 9.87. The van der Waals surface area contributed by atoms with Crippen molar-refractivity contribution in [2.75, 3.05) is 11.5 Å². The van der Waals surface area contributed by atoms with E-state index < -0.39 is 0 Å². The molecule has 0 aliphatic carbocycles. The third kappa shape index (κ3) is 1.60. The molecule has 1 saturated heterocycles. The molecule has 86 valence electrons. The summed E-state index contributed by atoms with van der Waals surface area (Å²) in [5.41, 5.74) is 6.93. The Bertz CT molecular complexity index is 417. The Morgan fingerprint density at radius 3 is 3.12 bits per heavy atom. The van der Waals surface area contributed by atoms with Crippen LogP contribution in [0, 0.1) is 5.82 Å². The van der Waals surface area contributed by atoms with Gasteiger partial charge in [-0.15, -0.1) is 0 Å². The summed E-state index contributed by atoms with van der Waals surface area (Å²) in [6.07, 6.45) is 1.86. The van der Waals surface area contributed by atoms with Gasteiger partial charge >= 0.3 is 0 Å². The zero-order valence-corrected chi connectivity index (χ0v) is 9.73. The number of fused-ring (bicyclic) bond motifs is 1. The summed E-state index contributed by atoms with van der Waals surface area (Å²) < 4.78 is 19.2. The summed E-state index contributed by atoms with van der Waals surface area (Å²) in [6.45, 7) is 0. The van der Waals surface area contributed by atoms with Gasteiger partial charge in [0.25, 0.3) is 0 Å². The van der Waals surface area contributed by atoms with Gasteiger partial charge < -0.3 is 10.5 Å². The van der Waals surface area contributed by atoms with Crippen LogP contribution in [0.15, 0.2) is 18.2 Å². The van der Waals surface area contributed by atoms with Crippen LogP contribution in [0.5, 0.6) is 5.75 Å². The van der Waals surface area contributed by atoms with E-state index in [4.69, 9.17) is 10.5 Å². The zero-order valence-electron chi connectivity index (χ0n) is 8.91. The molecule has 2 aliphatic rings. The molecule has 2 heterocycles. The Morgan fingerprint density at radius 1 is 1.50 bits per heavy atom. The van der Waals surface area contributed by atoms with Gasteiger partial charge in [-0.05, 0) is 18.2 Å². The fraction of sp³-hybridized carbons (Fsp3) is 0.500. The molecule has 2 unspecified atom stereocenters. The molecular weight excluding hydrogens is 225 g/mol. The van der Waals surface area contributed by atoms with Crippen LogP contribution in [0.2, 0.25) is 0 Å². The second-order valence-electron chi connectivity index (χ2n) is 4.58. The highest BCUT2D eigenvalue weighted by molar-refractivity contribution is 7.99. The fourth-order valence-electron chi connectivity index (χ4n) is 2.52. The van der Waals surface area contributed by atoms with Gasteiger partial charge in [0.2, 0.25) is 0 Å².